The van der Waals surface area contributed by atoms with E-state index in [0.29, 0.717) is 17.1 Å². The quantitative estimate of drug-likeness (QED) is 0.598. The molecule has 6 nitrogen and oxygen atoms in total. The van der Waals surface area contributed by atoms with E-state index in [0.717, 1.165) is 32.1 Å². The number of Topliss-reactive ketones (excluding diaryl/α,β-unsaturated/α-hetero) is 1. The predicted molar refractivity (Wildman–Crippen MR) is 115 cm³/mol. The van der Waals surface area contributed by atoms with Crippen LogP contribution in [-0.2, 0) is 4.79 Å². The summed E-state index contributed by atoms with van der Waals surface area (Å²) in [6, 6.07) is 5.10. The highest BCUT2D eigenvalue weighted by Crippen LogP contribution is 2.43. The molecule has 0 aromatic heterocycles. The molecule has 7 heteroatoms. The van der Waals surface area contributed by atoms with Gasteiger partial charge in [-0.3, -0.25) is 14.5 Å². The molecule has 1 heterocycles. The molecule has 2 fully saturated rings. The van der Waals surface area contributed by atoms with Crippen molar-refractivity contribution in [3.8, 4) is 11.5 Å². The number of ketones is 1. The summed E-state index contributed by atoms with van der Waals surface area (Å²) in [5.74, 6) is 1.92. The largest absolute Gasteiger partial charge is 0.493 e. The zero-order chi connectivity index (χ0) is 20.3. The fourth-order valence-electron chi connectivity index (χ4n) is 4.11. The monoisotopic (exact) mass is 424 g/mol. The van der Waals surface area contributed by atoms with Gasteiger partial charge in [0.1, 0.15) is 0 Å². The summed E-state index contributed by atoms with van der Waals surface area (Å²) in [5.41, 5.74) is 0.778. The first-order chi connectivity index (χ1) is 13.4. The molecule has 1 aromatic carbocycles. The summed E-state index contributed by atoms with van der Waals surface area (Å²) < 4.78 is 10.4. The number of carbonyl (C=O) groups excluding carboxylic acids is 2. The first kappa shape index (κ1) is 23.5. The second kappa shape index (κ2) is 9.81. The lowest BCUT2D eigenvalue weighted by Crippen LogP contribution is -2.56. The maximum absolute atomic E-state index is 12.6. The standard InChI is InChI=1S/C22H32N2O4.ClH/c1-22(2,17-6-7-17)24-13-11-23(12-14-24)21(26)10-8-18(25)16-5-9-19(27-3)20(15-16)28-4;/h5,9,15,17H,6-8,10-14H2,1-4H3;1H. The number of piperazine rings is 1. The van der Waals surface area contributed by atoms with Gasteiger partial charge in [0.2, 0.25) is 5.91 Å². The maximum Gasteiger partial charge on any atom is 0.223 e. The van der Waals surface area contributed by atoms with Gasteiger partial charge in [-0.15, -0.1) is 12.4 Å². The number of amides is 1. The summed E-state index contributed by atoms with van der Waals surface area (Å²) >= 11 is 0. The fourth-order valence-corrected chi connectivity index (χ4v) is 4.11. The smallest absolute Gasteiger partial charge is 0.223 e. The summed E-state index contributed by atoms with van der Waals surface area (Å²) in [4.78, 5) is 29.5. The molecule has 1 amide bonds. The van der Waals surface area contributed by atoms with Crippen molar-refractivity contribution in [1.82, 2.24) is 9.80 Å². The van der Waals surface area contributed by atoms with Crippen molar-refractivity contribution in [2.45, 2.75) is 45.1 Å². The highest BCUT2D eigenvalue weighted by atomic mass is 35.5. The summed E-state index contributed by atoms with van der Waals surface area (Å²) in [6.07, 6.45) is 3.11. The molecule has 0 bridgehead atoms. The highest BCUT2D eigenvalue weighted by Gasteiger charge is 2.42. The van der Waals surface area contributed by atoms with E-state index < -0.39 is 0 Å². The second-order valence-electron chi connectivity index (χ2n) is 8.29. The molecule has 1 aromatic rings. The van der Waals surface area contributed by atoms with E-state index in [1.54, 1.807) is 32.4 Å². The van der Waals surface area contributed by atoms with Crippen LogP contribution in [0.5, 0.6) is 11.5 Å². The van der Waals surface area contributed by atoms with Crippen molar-refractivity contribution in [2.24, 2.45) is 5.92 Å². The summed E-state index contributed by atoms with van der Waals surface area (Å²) in [5, 5.41) is 0. The molecule has 162 valence electrons. The molecule has 2 aliphatic rings. The SMILES string of the molecule is COc1ccc(C(=O)CCC(=O)N2CCN(C(C)(C)C3CC3)CC2)cc1OC.Cl. The van der Waals surface area contributed by atoms with E-state index in [4.69, 9.17) is 9.47 Å². The minimum Gasteiger partial charge on any atom is -0.493 e. The first-order valence-electron chi connectivity index (χ1n) is 10.1. The lowest BCUT2D eigenvalue weighted by Gasteiger charge is -2.44. The van der Waals surface area contributed by atoms with Gasteiger partial charge in [0.25, 0.3) is 0 Å². The predicted octanol–water partition coefficient (Wildman–Crippen LogP) is 3.42. The third-order valence-electron chi connectivity index (χ3n) is 6.30. The van der Waals surface area contributed by atoms with Crippen molar-refractivity contribution in [3.63, 3.8) is 0 Å². The van der Waals surface area contributed by atoms with Crippen LogP contribution < -0.4 is 9.47 Å². The molecule has 0 radical (unpaired) electrons. The Morgan fingerprint density at radius 2 is 1.62 bits per heavy atom. The van der Waals surface area contributed by atoms with Crippen LogP contribution >= 0.6 is 12.4 Å². The average molecular weight is 425 g/mol. The van der Waals surface area contributed by atoms with Crippen LogP contribution in [0.2, 0.25) is 0 Å². The zero-order valence-corrected chi connectivity index (χ0v) is 18.7. The Morgan fingerprint density at radius 1 is 1.00 bits per heavy atom. The molecular weight excluding hydrogens is 392 g/mol. The van der Waals surface area contributed by atoms with Gasteiger partial charge in [0.15, 0.2) is 17.3 Å². The van der Waals surface area contributed by atoms with Gasteiger partial charge in [-0.2, -0.15) is 0 Å². The molecule has 0 N–H and O–H groups in total. The van der Waals surface area contributed by atoms with Crippen molar-refractivity contribution in [1.29, 1.82) is 0 Å². The lowest BCUT2D eigenvalue weighted by molar-refractivity contribution is -0.133. The number of nitrogens with zero attached hydrogens (tertiary/aromatic N) is 2. The molecule has 1 saturated carbocycles. The maximum atomic E-state index is 12.6. The third kappa shape index (κ3) is 5.43. The topological polar surface area (TPSA) is 59.1 Å². The van der Waals surface area contributed by atoms with Crippen molar-refractivity contribution < 1.29 is 19.1 Å². The summed E-state index contributed by atoms with van der Waals surface area (Å²) in [6.45, 7) is 7.98. The molecular formula is C22H33ClN2O4. The Kier molecular flexibility index (Phi) is 7.94. The average Bonchev–Trinajstić information content (AvgIpc) is 3.57. The van der Waals surface area contributed by atoms with Crippen LogP contribution in [0.15, 0.2) is 18.2 Å². The Balaban J connectivity index is 0.00000300. The fraction of sp³-hybridized carbons (Fsp3) is 0.636. The first-order valence-corrected chi connectivity index (χ1v) is 10.1. The van der Waals surface area contributed by atoms with Crippen LogP contribution in [0.1, 0.15) is 49.9 Å². The van der Waals surface area contributed by atoms with Gasteiger partial charge in [-0.25, -0.2) is 0 Å². The normalized spacial score (nSPS) is 17.4. The second-order valence-corrected chi connectivity index (χ2v) is 8.29. The van der Waals surface area contributed by atoms with Crippen LogP contribution in [-0.4, -0.2) is 67.4 Å². The Labute approximate surface area is 179 Å². The van der Waals surface area contributed by atoms with E-state index in [1.165, 1.54) is 12.8 Å². The van der Waals surface area contributed by atoms with Gasteiger partial charge in [-0.1, -0.05) is 0 Å². The number of hydrogen-bond donors (Lipinski definition) is 0. The number of rotatable bonds is 8. The zero-order valence-electron chi connectivity index (χ0n) is 17.9. The summed E-state index contributed by atoms with van der Waals surface area (Å²) in [7, 11) is 3.10. The third-order valence-corrected chi connectivity index (χ3v) is 6.30. The van der Waals surface area contributed by atoms with Crippen molar-refractivity contribution in [2.75, 3.05) is 40.4 Å². The Hall–Kier alpha value is -1.79. The van der Waals surface area contributed by atoms with Gasteiger partial charge >= 0.3 is 0 Å². The Morgan fingerprint density at radius 3 is 2.17 bits per heavy atom. The number of methoxy groups -OCH3 is 2. The molecule has 3 rings (SSSR count). The van der Waals surface area contributed by atoms with Gasteiger partial charge in [-0.05, 0) is 50.8 Å². The minimum atomic E-state index is -0.0530. The minimum absolute atomic E-state index is 0. The molecule has 1 saturated heterocycles. The number of carbonyl (C=O) groups is 2. The molecule has 0 spiro atoms. The van der Waals surface area contributed by atoms with E-state index in [9.17, 15) is 9.59 Å². The van der Waals surface area contributed by atoms with E-state index in [1.807, 2.05) is 4.90 Å². The Bertz CT molecular complexity index is 726. The van der Waals surface area contributed by atoms with Crippen LogP contribution in [0.25, 0.3) is 0 Å². The molecule has 29 heavy (non-hydrogen) atoms. The number of benzene rings is 1. The highest BCUT2D eigenvalue weighted by molar-refractivity contribution is 5.98. The van der Waals surface area contributed by atoms with Crippen LogP contribution in [0.4, 0.5) is 0 Å². The van der Waals surface area contributed by atoms with Crippen molar-refractivity contribution in [3.05, 3.63) is 23.8 Å². The molecule has 1 aliphatic carbocycles. The number of hydrogen-bond acceptors (Lipinski definition) is 5. The van der Waals surface area contributed by atoms with Gasteiger partial charge in [0.05, 0.1) is 14.2 Å². The van der Waals surface area contributed by atoms with Gasteiger partial charge < -0.3 is 14.4 Å². The van der Waals surface area contributed by atoms with Crippen LogP contribution in [0.3, 0.4) is 0 Å². The number of ether oxygens (including phenoxy) is 2. The molecule has 0 unspecified atom stereocenters. The van der Waals surface area contributed by atoms with E-state index in [2.05, 4.69) is 18.7 Å². The van der Waals surface area contributed by atoms with Crippen molar-refractivity contribution >= 4 is 24.1 Å². The number of halogens is 1. The molecule has 0 atom stereocenters. The van der Waals surface area contributed by atoms with Crippen LogP contribution in [0, 0.1) is 5.92 Å². The van der Waals surface area contributed by atoms with Gasteiger partial charge in [0, 0.05) is 50.1 Å². The lowest BCUT2D eigenvalue weighted by atomic mass is 9.95. The van der Waals surface area contributed by atoms with E-state index >= 15 is 0 Å². The van der Waals surface area contributed by atoms with E-state index in [-0.39, 0.29) is 42.5 Å². The molecule has 1 aliphatic heterocycles.